The summed E-state index contributed by atoms with van der Waals surface area (Å²) in [5.41, 5.74) is 9.32. The maximum absolute atomic E-state index is 2.39. The molecule has 34 heavy (non-hydrogen) atoms. The van der Waals surface area contributed by atoms with Crippen molar-refractivity contribution in [1.82, 2.24) is 0 Å². The molecule has 1 unspecified atom stereocenters. The maximum atomic E-state index is 2.39. The molecule has 0 heterocycles. The second-order valence-electron chi connectivity index (χ2n) is 7.42. The summed E-state index contributed by atoms with van der Waals surface area (Å²) in [6, 6.07) is 13.7. The first-order chi connectivity index (χ1) is 11.9. The average molecular weight is 697 g/mol. The van der Waals surface area contributed by atoms with Crippen molar-refractivity contribution in [2.45, 2.75) is 86.5 Å². The van der Waals surface area contributed by atoms with Gasteiger partial charge in [0, 0.05) is 259 Å². The number of fused-ring (bicyclic) bond motifs is 3. The smallest absolute Gasteiger partial charge is 0 e. The molecular weight excluding hydrogens is 653 g/mol. The Morgan fingerprint density at radius 2 is 1.15 bits per heavy atom. The Hall–Kier alpha value is 7.10. The van der Waals surface area contributed by atoms with Crippen LogP contribution in [0.4, 0.5) is 0 Å². The van der Waals surface area contributed by atoms with Gasteiger partial charge in [0.2, 0.25) is 0 Å². The Bertz CT molecular complexity index is 700. The monoisotopic (exact) mass is 697 g/mol. The first-order valence-electron chi connectivity index (χ1n) is 10.2. The summed E-state index contributed by atoms with van der Waals surface area (Å²) < 4.78 is 0. The molecule has 205 valence electrons. The predicted octanol–water partition coefficient (Wildman–Crippen LogP) is 8.82. The molecule has 1 aliphatic carbocycles. The molecule has 1 atom stereocenters. The van der Waals surface area contributed by atoms with Crippen molar-refractivity contribution in [3.8, 4) is 11.1 Å². The number of aryl methyl sites for hydroxylation is 1. The van der Waals surface area contributed by atoms with Crippen LogP contribution in [0.15, 0.2) is 36.4 Å². The van der Waals surface area contributed by atoms with Crippen LogP contribution in [0.5, 0.6) is 0 Å². The summed E-state index contributed by atoms with van der Waals surface area (Å²) in [6.45, 7) is 19.6. The Balaban J connectivity index is -0.0000000654. The van der Waals surface area contributed by atoms with Crippen LogP contribution >= 0.6 is 0 Å². The second kappa shape index (κ2) is 34.6. The normalized spacial score (nSPS) is 11.0. The molecular formula is C27H44Ar6Y-2. The van der Waals surface area contributed by atoms with Crippen molar-refractivity contribution in [3.63, 3.8) is 0 Å². The van der Waals surface area contributed by atoms with Crippen LogP contribution in [0, 0.1) is 241 Å². The molecule has 0 nitrogen and oxygen atoms in total. The average Bonchev–Trinajstić information content (AvgIpc) is 2.63. The molecule has 0 spiro atoms. The van der Waals surface area contributed by atoms with Crippen LogP contribution in [-0.2, 0) is 51.0 Å². The second-order valence-corrected chi connectivity index (χ2v) is 7.42. The van der Waals surface area contributed by atoms with Crippen LogP contribution < -0.4 is 0 Å². The van der Waals surface area contributed by atoms with Gasteiger partial charge in [-0.25, -0.2) is 0 Å². The van der Waals surface area contributed by atoms with E-state index in [-0.39, 0.29) is 279 Å². The standard InChI is InChI=1S/C21H26.2C2H6.2CH3.6Ar.Y/c1-6-15-9-7-10-16-17-11-8-12-19(21(3,4)5)20(17)14(2)13-18(15)16;2*1-2;;;;;;;;;/h7-12,14H,6,13H2,1-5H3;2*1-2H3;2*1H3;;;;;;;/q;;;2*-1;;;;;;;. The van der Waals surface area contributed by atoms with E-state index in [9.17, 15) is 0 Å². The topological polar surface area (TPSA) is 0 Å². The predicted molar refractivity (Wildman–Crippen MR) is 128 cm³/mol. The van der Waals surface area contributed by atoms with Gasteiger partial charge in [0.05, 0.1) is 0 Å². The number of hydrogen-bond acceptors (Lipinski definition) is 0. The first-order valence-corrected chi connectivity index (χ1v) is 10.2. The first kappa shape index (κ1) is 64.1. The Kier molecular flexibility index (Phi) is 65.3. The summed E-state index contributed by atoms with van der Waals surface area (Å²) in [5.74, 6) is 0.607. The van der Waals surface area contributed by atoms with Crippen molar-refractivity contribution < 1.29 is 259 Å². The largest absolute Gasteiger partial charge is 0.358 e. The molecule has 0 saturated heterocycles. The van der Waals surface area contributed by atoms with E-state index < -0.39 is 0 Å². The molecule has 0 aromatic heterocycles. The van der Waals surface area contributed by atoms with Crippen molar-refractivity contribution in [3.05, 3.63) is 73.5 Å². The van der Waals surface area contributed by atoms with Crippen LogP contribution in [0.2, 0.25) is 0 Å². The van der Waals surface area contributed by atoms with Gasteiger partial charge >= 0.3 is 0 Å². The summed E-state index contributed by atoms with van der Waals surface area (Å²) in [7, 11) is 0. The fraction of sp³-hybridized carbons (Fsp3) is 0.481. The van der Waals surface area contributed by atoms with Crippen LogP contribution in [0.3, 0.4) is 0 Å². The quantitative estimate of drug-likeness (QED) is 0.262. The van der Waals surface area contributed by atoms with Gasteiger partial charge in [-0.15, -0.1) is 0 Å². The van der Waals surface area contributed by atoms with Crippen molar-refractivity contribution in [1.29, 1.82) is 0 Å². The molecule has 0 N–H and O–H groups in total. The van der Waals surface area contributed by atoms with Crippen LogP contribution in [0.25, 0.3) is 11.1 Å². The van der Waals surface area contributed by atoms with E-state index in [4.69, 9.17) is 0 Å². The van der Waals surface area contributed by atoms with E-state index in [1.165, 1.54) is 28.7 Å². The van der Waals surface area contributed by atoms with E-state index >= 15 is 0 Å². The molecule has 0 aliphatic heterocycles. The molecule has 2 aromatic carbocycles. The Labute approximate surface area is 419 Å². The zero-order valence-corrected chi connectivity index (χ0v) is 29.7. The summed E-state index contributed by atoms with van der Waals surface area (Å²) in [5, 5.41) is 0. The van der Waals surface area contributed by atoms with E-state index in [0.717, 1.165) is 6.42 Å². The molecule has 2 aromatic rings. The Morgan fingerprint density at radius 3 is 1.56 bits per heavy atom. The molecule has 7 heteroatoms. The molecule has 3 rings (SSSR count). The minimum Gasteiger partial charge on any atom is -0.358 e. The van der Waals surface area contributed by atoms with E-state index in [1.807, 2.05) is 27.7 Å². The maximum Gasteiger partial charge on any atom is 0 e. The zero-order chi connectivity index (χ0) is 19.2. The summed E-state index contributed by atoms with van der Waals surface area (Å²) >= 11 is 0. The fourth-order valence-corrected chi connectivity index (χ4v) is 3.85. The van der Waals surface area contributed by atoms with Crippen molar-refractivity contribution in [2.24, 2.45) is 0 Å². The minimum absolute atomic E-state index is 0. The SMILES string of the molecule is CC.CC.CCc1cccc2c1CC(C)c1c-2cccc1C(C)(C)C.[Ar].[Ar].[Ar].[Ar].[Ar].[Ar].[CH3-].[CH3-].[Y]. The van der Waals surface area contributed by atoms with Gasteiger partial charge in [0.1, 0.15) is 0 Å². The van der Waals surface area contributed by atoms with Crippen LogP contribution in [0.1, 0.15) is 90.5 Å². The van der Waals surface area contributed by atoms with Crippen molar-refractivity contribution >= 4 is 0 Å². The van der Waals surface area contributed by atoms with Gasteiger partial charge in [-0.05, 0) is 57.6 Å². The minimum atomic E-state index is 0. The number of rotatable bonds is 1. The third kappa shape index (κ3) is 18.7. The molecule has 0 amide bonds. The fourth-order valence-electron chi connectivity index (χ4n) is 3.85. The third-order valence-electron chi connectivity index (χ3n) is 4.86. The van der Waals surface area contributed by atoms with E-state index in [2.05, 4.69) is 71.0 Å². The van der Waals surface area contributed by atoms with Gasteiger partial charge < -0.3 is 14.9 Å². The van der Waals surface area contributed by atoms with E-state index in [1.54, 1.807) is 11.1 Å². The van der Waals surface area contributed by atoms with Crippen molar-refractivity contribution in [2.75, 3.05) is 0 Å². The van der Waals surface area contributed by atoms with Gasteiger partial charge in [-0.1, -0.05) is 98.7 Å². The molecule has 1 radical (unpaired) electrons. The number of benzene rings is 2. The van der Waals surface area contributed by atoms with Gasteiger partial charge in [0.25, 0.3) is 0 Å². The van der Waals surface area contributed by atoms with E-state index in [0.29, 0.717) is 5.92 Å². The van der Waals surface area contributed by atoms with Gasteiger partial charge in [-0.2, -0.15) is 0 Å². The third-order valence-corrected chi connectivity index (χ3v) is 4.86. The molecule has 0 bridgehead atoms. The van der Waals surface area contributed by atoms with Gasteiger partial charge in [-0.3, -0.25) is 0 Å². The molecule has 1 aliphatic rings. The summed E-state index contributed by atoms with van der Waals surface area (Å²) in [6.07, 6.45) is 2.31. The van der Waals surface area contributed by atoms with Gasteiger partial charge in [0.15, 0.2) is 0 Å². The zero-order valence-electron chi connectivity index (χ0n) is 22.7. The molecule has 0 fully saturated rings. The summed E-state index contributed by atoms with van der Waals surface area (Å²) in [4.78, 5) is 0. The molecule has 0 saturated carbocycles. The van der Waals surface area contributed by atoms with Crippen LogP contribution in [-0.4, -0.2) is 0 Å². The number of hydrogen-bond donors (Lipinski definition) is 0. The Morgan fingerprint density at radius 1 is 0.735 bits per heavy atom.